The number of pyridine rings is 3. The van der Waals surface area contributed by atoms with Gasteiger partial charge in [0.1, 0.15) is 0 Å². The first-order valence-electron chi connectivity index (χ1n) is 18.0. The molecule has 5 nitrogen and oxygen atoms in total. The van der Waals surface area contributed by atoms with Crippen LogP contribution in [0, 0.1) is 0 Å². The Morgan fingerprint density at radius 2 is 0.907 bits per heavy atom. The Balaban J connectivity index is 1.09. The van der Waals surface area contributed by atoms with Crippen molar-refractivity contribution in [3.8, 4) is 67.7 Å². The molecule has 0 amide bonds. The van der Waals surface area contributed by atoms with E-state index in [1.54, 1.807) is 6.20 Å². The highest BCUT2D eigenvalue weighted by Gasteiger charge is 2.16. The largest absolute Gasteiger partial charge is 0.255 e. The van der Waals surface area contributed by atoms with Gasteiger partial charge < -0.3 is 0 Å². The van der Waals surface area contributed by atoms with Gasteiger partial charge in [-0.2, -0.15) is 0 Å². The third kappa shape index (κ3) is 5.84. The monoisotopic (exact) mass is 689 g/mol. The number of fused-ring (bicyclic) bond motifs is 4. The van der Waals surface area contributed by atoms with Gasteiger partial charge in [0, 0.05) is 39.2 Å². The van der Waals surface area contributed by atoms with Gasteiger partial charge in [-0.25, -0.2) is 19.9 Å². The summed E-state index contributed by atoms with van der Waals surface area (Å²) in [6.45, 7) is 0. The molecule has 252 valence electrons. The number of hydrogen-bond donors (Lipinski definition) is 0. The Morgan fingerprint density at radius 3 is 1.70 bits per heavy atom. The maximum absolute atomic E-state index is 5.34. The Labute approximate surface area is 312 Å². The molecule has 10 rings (SSSR count). The highest BCUT2D eigenvalue weighted by Crippen LogP contribution is 2.37. The van der Waals surface area contributed by atoms with Gasteiger partial charge in [0.2, 0.25) is 0 Å². The van der Waals surface area contributed by atoms with E-state index in [0.29, 0.717) is 5.82 Å². The van der Waals surface area contributed by atoms with Crippen molar-refractivity contribution >= 4 is 32.6 Å². The fraction of sp³-hybridized carbons (Fsp3) is 0. The molecule has 0 radical (unpaired) electrons. The first kappa shape index (κ1) is 31.4. The molecule has 0 bridgehead atoms. The summed E-state index contributed by atoms with van der Waals surface area (Å²) in [5.41, 5.74) is 12.2. The molecule has 0 aliphatic rings. The highest BCUT2D eigenvalue weighted by molar-refractivity contribution is 6.10. The van der Waals surface area contributed by atoms with Gasteiger partial charge in [0.05, 0.1) is 39.5 Å². The summed E-state index contributed by atoms with van der Waals surface area (Å²) in [6.07, 6.45) is 1.79. The predicted octanol–water partition coefficient (Wildman–Crippen LogP) is 12.1. The van der Waals surface area contributed by atoms with Gasteiger partial charge in [-0.1, -0.05) is 146 Å². The van der Waals surface area contributed by atoms with E-state index < -0.39 is 0 Å². The van der Waals surface area contributed by atoms with Crippen molar-refractivity contribution < 1.29 is 0 Å². The third-order valence-electron chi connectivity index (χ3n) is 9.93. The predicted molar refractivity (Wildman–Crippen MR) is 221 cm³/mol. The summed E-state index contributed by atoms with van der Waals surface area (Å²) in [7, 11) is 0. The van der Waals surface area contributed by atoms with Crippen LogP contribution in [0.3, 0.4) is 0 Å². The molecule has 5 heteroatoms. The van der Waals surface area contributed by atoms with Crippen molar-refractivity contribution in [1.82, 2.24) is 24.9 Å². The number of benzene rings is 6. The molecule has 6 aromatic carbocycles. The molecule has 0 atom stereocenters. The Hall–Kier alpha value is -7.37. The number of aromatic nitrogens is 5. The summed E-state index contributed by atoms with van der Waals surface area (Å²) in [4.78, 5) is 25.2. The molecule has 0 fully saturated rings. The van der Waals surface area contributed by atoms with E-state index in [0.717, 1.165) is 83.7 Å². The van der Waals surface area contributed by atoms with Crippen LogP contribution in [0.5, 0.6) is 0 Å². The first-order chi connectivity index (χ1) is 26.7. The number of hydrogen-bond acceptors (Lipinski definition) is 5. The van der Waals surface area contributed by atoms with E-state index in [-0.39, 0.29) is 0 Å². The molecular formula is C49H31N5. The molecule has 0 saturated carbocycles. The van der Waals surface area contributed by atoms with Crippen LogP contribution in [0.25, 0.3) is 100 Å². The fourth-order valence-electron chi connectivity index (χ4n) is 7.15. The van der Waals surface area contributed by atoms with Crippen LogP contribution in [0.2, 0.25) is 0 Å². The minimum Gasteiger partial charge on any atom is -0.255 e. The number of nitrogens with zero attached hydrogens (tertiary/aromatic N) is 5. The van der Waals surface area contributed by atoms with Crippen LogP contribution < -0.4 is 0 Å². The van der Waals surface area contributed by atoms with E-state index in [2.05, 4.69) is 145 Å². The Kier molecular flexibility index (Phi) is 7.73. The zero-order valence-corrected chi connectivity index (χ0v) is 29.1. The fourth-order valence-corrected chi connectivity index (χ4v) is 7.15. The van der Waals surface area contributed by atoms with E-state index in [9.17, 15) is 0 Å². The van der Waals surface area contributed by atoms with Gasteiger partial charge >= 0.3 is 0 Å². The normalized spacial score (nSPS) is 11.3. The van der Waals surface area contributed by atoms with Crippen molar-refractivity contribution in [2.75, 3.05) is 0 Å². The molecule has 54 heavy (non-hydrogen) atoms. The number of rotatable bonds is 6. The van der Waals surface area contributed by atoms with E-state index >= 15 is 0 Å². The van der Waals surface area contributed by atoms with Crippen molar-refractivity contribution in [3.63, 3.8) is 0 Å². The topological polar surface area (TPSA) is 64.5 Å². The molecular weight excluding hydrogens is 659 g/mol. The van der Waals surface area contributed by atoms with Crippen LogP contribution in [-0.2, 0) is 0 Å². The summed E-state index contributed by atoms with van der Waals surface area (Å²) in [5, 5.41) is 4.50. The minimum atomic E-state index is 0.639. The lowest BCUT2D eigenvalue weighted by Gasteiger charge is -2.13. The van der Waals surface area contributed by atoms with E-state index in [1.807, 2.05) is 42.5 Å². The Morgan fingerprint density at radius 1 is 0.296 bits per heavy atom. The molecule has 0 N–H and O–H groups in total. The van der Waals surface area contributed by atoms with Crippen LogP contribution in [0.4, 0.5) is 0 Å². The Bertz CT molecular complexity index is 2910. The maximum Gasteiger partial charge on any atom is 0.160 e. The van der Waals surface area contributed by atoms with E-state index in [4.69, 9.17) is 19.9 Å². The van der Waals surface area contributed by atoms with Crippen molar-refractivity contribution in [3.05, 3.63) is 188 Å². The zero-order chi connectivity index (χ0) is 35.8. The molecule has 0 aliphatic carbocycles. The second kappa shape index (κ2) is 13.3. The lowest BCUT2D eigenvalue weighted by molar-refractivity contribution is 1.16. The molecule has 0 spiro atoms. The smallest absolute Gasteiger partial charge is 0.160 e. The summed E-state index contributed by atoms with van der Waals surface area (Å²) in [6, 6.07) is 62.7. The minimum absolute atomic E-state index is 0.639. The molecule has 0 saturated heterocycles. The second-order valence-corrected chi connectivity index (χ2v) is 13.3. The van der Waals surface area contributed by atoms with E-state index in [1.165, 1.54) is 10.8 Å². The maximum atomic E-state index is 5.34. The van der Waals surface area contributed by atoms with Gasteiger partial charge in [-0.05, 0) is 58.3 Å². The van der Waals surface area contributed by atoms with Crippen LogP contribution in [-0.4, -0.2) is 24.9 Å². The molecule has 0 aliphatic heterocycles. The van der Waals surface area contributed by atoms with Gasteiger partial charge in [0.15, 0.2) is 5.82 Å². The van der Waals surface area contributed by atoms with Crippen LogP contribution in [0.1, 0.15) is 0 Å². The van der Waals surface area contributed by atoms with Crippen LogP contribution in [0.15, 0.2) is 188 Å². The molecule has 0 unspecified atom stereocenters. The van der Waals surface area contributed by atoms with Crippen molar-refractivity contribution in [2.24, 2.45) is 0 Å². The lowest BCUT2D eigenvalue weighted by atomic mass is 9.96. The second-order valence-electron chi connectivity index (χ2n) is 13.3. The zero-order valence-electron chi connectivity index (χ0n) is 29.1. The van der Waals surface area contributed by atoms with Gasteiger partial charge in [-0.15, -0.1) is 0 Å². The average molecular weight is 690 g/mol. The van der Waals surface area contributed by atoms with Gasteiger partial charge in [-0.3, -0.25) is 4.98 Å². The first-order valence-corrected chi connectivity index (χ1v) is 18.0. The highest BCUT2D eigenvalue weighted by atomic mass is 14.9. The standard InChI is InChI=1S/C49H31N5/c1-3-12-33(13-4-1)41-30-44(39-23-18-32-11-7-8-16-38(32)29-39)52-48-40(41)26-24-36-25-27-42(51-47(36)48)35-19-21-37(22-20-35)49-53-45(34-14-5-2-6-15-34)31-46(54-49)43-17-9-10-28-50-43/h1-31H. The molecule has 4 aromatic heterocycles. The molecule has 4 heterocycles. The average Bonchev–Trinajstić information content (AvgIpc) is 3.26. The van der Waals surface area contributed by atoms with Crippen molar-refractivity contribution in [2.45, 2.75) is 0 Å². The quantitative estimate of drug-likeness (QED) is 0.163. The van der Waals surface area contributed by atoms with Crippen molar-refractivity contribution in [1.29, 1.82) is 0 Å². The van der Waals surface area contributed by atoms with Crippen LogP contribution >= 0.6 is 0 Å². The summed E-state index contributed by atoms with van der Waals surface area (Å²) in [5.74, 6) is 0.639. The summed E-state index contributed by atoms with van der Waals surface area (Å²) < 4.78 is 0. The van der Waals surface area contributed by atoms with Gasteiger partial charge in [0.25, 0.3) is 0 Å². The third-order valence-corrected chi connectivity index (χ3v) is 9.93. The lowest BCUT2D eigenvalue weighted by Crippen LogP contribution is -1.97. The SMILES string of the molecule is c1ccc(-c2cc(-c3ccccn3)nc(-c3ccc(-c4ccc5ccc6c(-c7ccccc7)cc(-c7ccc8ccccc8c7)nc6c5n4)cc3)n2)cc1. The molecule has 10 aromatic rings. The summed E-state index contributed by atoms with van der Waals surface area (Å²) >= 11 is 0.